The summed E-state index contributed by atoms with van der Waals surface area (Å²) in [5.41, 5.74) is 2.67. The second-order valence-electron chi connectivity index (χ2n) is 7.27. The molecule has 2 atom stereocenters. The Hall–Kier alpha value is -2.58. The molecule has 1 amide bonds. The predicted octanol–water partition coefficient (Wildman–Crippen LogP) is 0.212. The van der Waals surface area contributed by atoms with E-state index in [9.17, 15) is 9.90 Å². The summed E-state index contributed by atoms with van der Waals surface area (Å²) >= 11 is 0. The zero-order chi connectivity index (χ0) is 19.0. The number of anilines is 1. The van der Waals surface area contributed by atoms with E-state index < -0.39 is 6.10 Å². The number of hydrogen-bond acceptors (Lipinski definition) is 7. The van der Waals surface area contributed by atoms with Crippen molar-refractivity contribution < 1.29 is 9.90 Å². The molecule has 0 aromatic carbocycles. The Kier molecular flexibility index (Phi) is 4.75. The molecule has 0 saturated carbocycles. The normalized spacial score (nSPS) is 21.8. The highest BCUT2D eigenvalue weighted by Gasteiger charge is 2.34. The maximum atomic E-state index is 12.8. The van der Waals surface area contributed by atoms with E-state index in [-0.39, 0.29) is 11.9 Å². The smallest absolute Gasteiger partial charge is 0.240 e. The summed E-state index contributed by atoms with van der Waals surface area (Å²) < 4.78 is 0. The van der Waals surface area contributed by atoms with E-state index in [1.165, 1.54) is 0 Å². The van der Waals surface area contributed by atoms with Crippen LogP contribution >= 0.6 is 0 Å². The van der Waals surface area contributed by atoms with Gasteiger partial charge in [0.15, 0.2) is 5.82 Å². The molecule has 2 aromatic heterocycles. The molecule has 0 unspecified atom stereocenters. The summed E-state index contributed by atoms with van der Waals surface area (Å²) in [6.07, 6.45) is 2.45. The number of carbonyl (C=O) groups is 1. The Morgan fingerprint density at radius 1 is 1.33 bits per heavy atom. The van der Waals surface area contributed by atoms with Gasteiger partial charge in [-0.2, -0.15) is 0 Å². The van der Waals surface area contributed by atoms with E-state index in [2.05, 4.69) is 10.3 Å². The third kappa shape index (κ3) is 3.50. The van der Waals surface area contributed by atoms with E-state index in [0.29, 0.717) is 44.0 Å². The Morgan fingerprint density at radius 3 is 2.85 bits per heavy atom. The van der Waals surface area contributed by atoms with Gasteiger partial charge in [-0.25, -0.2) is 9.97 Å². The Bertz CT molecular complexity index is 842. The monoisotopic (exact) mass is 368 g/mol. The van der Waals surface area contributed by atoms with Crippen molar-refractivity contribution in [2.24, 2.45) is 0 Å². The van der Waals surface area contributed by atoms with E-state index in [1.54, 1.807) is 6.20 Å². The van der Waals surface area contributed by atoms with Gasteiger partial charge in [0.05, 0.1) is 24.4 Å². The molecule has 1 fully saturated rings. The number of aliphatic hydroxyl groups is 1. The lowest BCUT2D eigenvalue weighted by Gasteiger charge is -2.32. The fourth-order valence-electron chi connectivity index (χ4n) is 3.70. The number of aromatic nitrogens is 3. The molecule has 142 valence electrons. The van der Waals surface area contributed by atoms with E-state index in [1.807, 2.05) is 42.1 Å². The van der Waals surface area contributed by atoms with E-state index in [0.717, 1.165) is 17.1 Å². The first kappa shape index (κ1) is 17.8. The van der Waals surface area contributed by atoms with Crippen LogP contribution in [0.4, 0.5) is 5.82 Å². The fraction of sp³-hybridized carbons (Fsp3) is 0.474. The van der Waals surface area contributed by atoms with Crippen molar-refractivity contribution in [2.75, 3.05) is 32.1 Å². The minimum Gasteiger partial charge on any atom is -0.392 e. The lowest BCUT2D eigenvalue weighted by atomic mass is 10.0. The number of β-amino-alcohol motifs (C(OH)–C–C–N with tert-alkyl or cyclic N) is 1. The quantitative estimate of drug-likeness (QED) is 0.800. The van der Waals surface area contributed by atoms with Gasteiger partial charge in [0.1, 0.15) is 11.5 Å². The zero-order valence-corrected chi connectivity index (χ0v) is 15.6. The first-order valence-electron chi connectivity index (χ1n) is 9.21. The second-order valence-corrected chi connectivity index (χ2v) is 7.27. The molecule has 8 nitrogen and oxygen atoms in total. The van der Waals surface area contributed by atoms with Gasteiger partial charge < -0.3 is 20.2 Å². The van der Waals surface area contributed by atoms with Crippen LogP contribution in [-0.4, -0.2) is 70.2 Å². The minimum absolute atomic E-state index is 0.0293. The van der Waals surface area contributed by atoms with Crippen LogP contribution in [0, 0.1) is 0 Å². The lowest BCUT2D eigenvalue weighted by molar-refractivity contribution is -0.134. The molecular formula is C19H24N6O2. The van der Waals surface area contributed by atoms with Gasteiger partial charge in [-0.3, -0.25) is 9.78 Å². The first-order valence-corrected chi connectivity index (χ1v) is 9.21. The first-order chi connectivity index (χ1) is 13.0. The Labute approximate surface area is 158 Å². The maximum Gasteiger partial charge on any atom is 0.240 e. The highest BCUT2D eigenvalue weighted by Crippen LogP contribution is 2.28. The molecule has 1 saturated heterocycles. The standard InChI is InChI=1S/C19H24N6O2/c1-24(2)18-13-6-8-25(19(27)15-9-12(26)10-21-15)11-16(13)22-17(23-18)14-5-3-4-7-20-14/h3-5,7,12,15,21,26H,6,8-11H2,1-2H3/t12-,15+/m1/s1. The summed E-state index contributed by atoms with van der Waals surface area (Å²) in [4.78, 5) is 30.4. The van der Waals surface area contributed by atoms with Crippen LogP contribution < -0.4 is 10.2 Å². The van der Waals surface area contributed by atoms with Gasteiger partial charge >= 0.3 is 0 Å². The van der Waals surface area contributed by atoms with Gasteiger partial charge in [-0.05, 0) is 25.0 Å². The molecule has 0 bridgehead atoms. The third-order valence-electron chi connectivity index (χ3n) is 5.08. The van der Waals surface area contributed by atoms with Crippen LogP contribution in [0.3, 0.4) is 0 Å². The second kappa shape index (κ2) is 7.21. The van der Waals surface area contributed by atoms with Crippen LogP contribution in [0.2, 0.25) is 0 Å². The predicted molar refractivity (Wildman–Crippen MR) is 101 cm³/mol. The van der Waals surface area contributed by atoms with Crippen LogP contribution in [0.1, 0.15) is 17.7 Å². The molecule has 2 aliphatic rings. The molecule has 0 aliphatic carbocycles. The SMILES string of the molecule is CN(C)c1nc(-c2ccccn2)nc2c1CCN(C(=O)[C@@H]1C[C@@H](O)CN1)C2. The molecule has 0 radical (unpaired) electrons. The molecule has 4 rings (SSSR count). The summed E-state index contributed by atoms with van der Waals surface area (Å²) in [6.45, 7) is 1.55. The average Bonchev–Trinajstić information content (AvgIpc) is 3.13. The van der Waals surface area contributed by atoms with Gasteiger partial charge in [-0.15, -0.1) is 0 Å². The number of hydrogen-bond donors (Lipinski definition) is 2. The summed E-state index contributed by atoms with van der Waals surface area (Å²) in [5.74, 6) is 1.48. The van der Waals surface area contributed by atoms with Crippen molar-refractivity contribution in [2.45, 2.75) is 31.5 Å². The molecular weight excluding hydrogens is 344 g/mol. The van der Waals surface area contributed by atoms with Crippen molar-refractivity contribution in [3.8, 4) is 11.5 Å². The number of aliphatic hydroxyl groups excluding tert-OH is 1. The number of fused-ring (bicyclic) bond motifs is 1. The van der Waals surface area contributed by atoms with Crippen molar-refractivity contribution in [3.63, 3.8) is 0 Å². The molecule has 8 heteroatoms. The lowest BCUT2D eigenvalue weighted by Crippen LogP contribution is -2.46. The summed E-state index contributed by atoms with van der Waals surface area (Å²) in [5, 5.41) is 12.8. The van der Waals surface area contributed by atoms with Crippen LogP contribution in [-0.2, 0) is 17.8 Å². The van der Waals surface area contributed by atoms with Crippen molar-refractivity contribution >= 4 is 11.7 Å². The molecule has 2 aliphatic heterocycles. The van der Waals surface area contributed by atoms with Gasteiger partial charge in [0, 0.05) is 38.9 Å². The fourth-order valence-corrected chi connectivity index (χ4v) is 3.70. The molecule has 0 spiro atoms. The average molecular weight is 368 g/mol. The van der Waals surface area contributed by atoms with Gasteiger partial charge in [0.25, 0.3) is 0 Å². The van der Waals surface area contributed by atoms with Crippen LogP contribution in [0.15, 0.2) is 24.4 Å². The van der Waals surface area contributed by atoms with Crippen molar-refractivity contribution in [1.29, 1.82) is 0 Å². The van der Waals surface area contributed by atoms with Gasteiger partial charge in [0.2, 0.25) is 5.91 Å². The highest BCUT2D eigenvalue weighted by atomic mass is 16.3. The molecule has 2 aromatic rings. The molecule has 2 N–H and O–H groups in total. The Balaban J connectivity index is 1.65. The number of carbonyl (C=O) groups excluding carboxylic acids is 1. The minimum atomic E-state index is -0.450. The maximum absolute atomic E-state index is 12.8. The zero-order valence-electron chi connectivity index (χ0n) is 15.6. The topological polar surface area (TPSA) is 94.5 Å². The molecule has 27 heavy (non-hydrogen) atoms. The van der Waals surface area contributed by atoms with E-state index >= 15 is 0 Å². The number of nitrogens with zero attached hydrogens (tertiary/aromatic N) is 5. The van der Waals surface area contributed by atoms with Crippen molar-refractivity contribution in [1.82, 2.24) is 25.2 Å². The summed E-state index contributed by atoms with van der Waals surface area (Å²) in [6, 6.07) is 5.34. The number of pyridine rings is 1. The molecule has 4 heterocycles. The Morgan fingerprint density at radius 2 is 2.19 bits per heavy atom. The number of nitrogens with one attached hydrogen (secondary N) is 1. The van der Waals surface area contributed by atoms with E-state index in [4.69, 9.17) is 9.97 Å². The number of amides is 1. The van der Waals surface area contributed by atoms with Crippen molar-refractivity contribution in [3.05, 3.63) is 35.7 Å². The highest BCUT2D eigenvalue weighted by molar-refractivity contribution is 5.82. The third-order valence-corrected chi connectivity index (χ3v) is 5.08. The largest absolute Gasteiger partial charge is 0.392 e. The van der Waals surface area contributed by atoms with Gasteiger partial charge in [-0.1, -0.05) is 6.07 Å². The number of rotatable bonds is 3. The van der Waals surface area contributed by atoms with Crippen LogP contribution in [0.5, 0.6) is 0 Å². The summed E-state index contributed by atoms with van der Waals surface area (Å²) in [7, 11) is 3.93. The van der Waals surface area contributed by atoms with Crippen LogP contribution in [0.25, 0.3) is 11.5 Å².